The molecule has 18 heavy (non-hydrogen) atoms. The number of nitrogens with zero attached hydrogens (tertiary/aromatic N) is 1. The number of Topliss-reactive ketones (excluding diaryl/α,β-unsaturated/α-hetero) is 1. The van der Waals surface area contributed by atoms with Gasteiger partial charge in [0.05, 0.1) is 16.4 Å². The van der Waals surface area contributed by atoms with Crippen molar-refractivity contribution in [3.05, 3.63) is 20.3 Å². The van der Waals surface area contributed by atoms with Crippen molar-refractivity contribution >= 4 is 52.1 Å². The van der Waals surface area contributed by atoms with E-state index >= 15 is 0 Å². The lowest BCUT2D eigenvalue weighted by molar-refractivity contribution is -0.147. The predicted molar refractivity (Wildman–Crippen MR) is 69.2 cm³/mol. The van der Waals surface area contributed by atoms with Crippen LogP contribution < -0.4 is 0 Å². The lowest BCUT2D eigenvalue weighted by atomic mass is 10.1. The van der Waals surface area contributed by atoms with E-state index in [1.165, 1.54) is 6.07 Å². The van der Waals surface area contributed by atoms with Crippen LogP contribution in [0.5, 0.6) is 0 Å². The van der Waals surface area contributed by atoms with E-state index < -0.39 is 0 Å². The summed E-state index contributed by atoms with van der Waals surface area (Å²) >= 11 is 12.7. The fraction of sp³-hybridized carbons (Fsp3) is 0.364. The minimum atomic E-state index is -0.369. The molecule has 0 unspecified atom stereocenters. The standard InChI is InChI=1S/C11H9Cl2NO3S/c12-8-4-6(11(13)18-8)7(15)5-14-9(16)2-1-3-10(14)17/h4H,1-3,5H2. The van der Waals surface area contributed by atoms with Gasteiger partial charge in [0.15, 0.2) is 5.78 Å². The van der Waals surface area contributed by atoms with Crippen molar-refractivity contribution in [1.82, 2.24) is 4.90 Å². The molecule has 1 aromatic rings. The molecule has 2 heterocycles. The van der Waals surface area contributed by atoms with E-state index in [1.807, 2.05) is 0 Å². The third kappa shape index (κ3) is 2.74. The number of carbonyl (C=O) groups is 3. The van der Waals surface area contributed by atoms with Gasteiger partial charge in [-0.3, -0.25) is 19.3 Å². The maximum Gasteiger partial charge on any atom is 0.229 e. The number of halogens is 2. The van der Waals surface area contributed by atoms with E-state index in [2.05, 4.69) is 0 Å². The van der Waals surface area contributed by atoms with Crippen molar-refractivity contribution < 1.29 is 14.4 Å². The molecule has 7 heteroatoms. The molecule has 1 saturated heterocycles. The van der Waals surface area contributed by atoms with Gasteiger partial charge in [0.1, 0.15) is 4.34 Å². The molecule has 0 N–H and O–H groups in total. The van der Waals surface area contributed by atoms with Crippen LogP contribution in [-0.2, 0) is 9.59 Å². The first-order chi connectivity index (χ1) is 8.49. The van der Waals surface area contributed by atoms with E-state index in [-0.39, 0.29) is 34.0 Å². The third-order valence-electron chi connectivity index (χ3n) is 2.64. The molecule has 1 aliphatic rings. The molecular weight excluding hydrogens is 297 g/mol. The highest BCUT2D eigenvalue weighted by molar-refractivity contribution is 7.20. The highest BCUT2D eigenvalue weighted by Gasteiger charge is 2.28. The second-order valence-electron chi connectivity index (χ2n) is 3.89. The lowest BCUT2D eigenvalue weighted by Crippen LogP contribution is -2.43. The summed E-state index contributed by atoms with van der Waals surface area (Å²) in [7, 11) is 0. The van der Waals surface area contributed by atoms with Crippen LogP contribution in [0.25, 0.3) is 0 Å². The Morgan fingerprint density at radius 2 is 1.89 bits per heavy atom. The van der Waals surface area contributed by atoms with E-state index in [0.717, 1.165) is 16.2 Å². The summed E-state index contributed by atoms with van der Waals surface area (Å²) in [5.41, 5.74) is 0.262. The average Bonchev–Trinajstić information content (AvgIpc) is 2.63. The molecule has 1 fully saturated rings. The van der Waals surface area contributed by atoms with Gasteiger partial charge in [-0.1, -0.05) is 23.2 Å². The molecule has 4 nitrogen and oxygen atoms in total. The van der Waals surface area contributed by atoms with E-state index in [1.54, 1.807) is 0 Å². The molecule has 0 radical (unpaired) electrons. The summed E-state index contributed by atoms with van der Waals surface area (Å²) < 4.78 is 0.682. The molecule has 0 aromatic carbocycles. The van der Waals surface area contributed by atoms with Crippen molar-refractivity contribution in [2.24, 2.45) is 0 Å². The summed E-state index contributed by atoms with van der Waals surface area (Å²) in [5.74, 6) is -0.985. The fourth-order valence-corrected chi connectivity index (χ4v) is 3.23. The van der Waals surface area contributed by atoms with Crippen LogP contribution in [0.15, 0.2) is 6.07 Å². The van der Waals surface area contributed by atoms with Crippen LogP contribution in [-0.4, -0.2) is 29.0 Å². The van der Waals surface area contributed by atoms with Gasteiger partial charge in [-0.05, 0) is 12.5 Å². The quantitative estimate of drug-likeness (QED) is 0.637. The average molecular weight is 306 g/mol. The van der Waals surface area contributed by atoms with E-state index in [9.17, 15) is 14.4 Å². The first-order valence-electron chi connectivity index (χ1n) is 5.30. The number of imide groups is 1. The fourth-order valence-electron chi connectivity index (χ4n) is 1.74. The summed E-state index contributed by atoms with van der Waals surface area (Å²) in [4.78, 5) is 36.1. The number of hydrogen-bond donors (Lipinski definition) is 0. The van der Waals surface area contributed by atoms with E-state index in [4.69, 9.17) is 23.2 Å². The normalized spacial score (nSPS) is 16.2. The number of amides is 2. The van der Waals surface area contributed by atoms with Gasteiger partial charge in [-0.25, -0.2) is 0 Å². The van der Waals surface area contributed by atoms with Crippen LogP contribution >= 0.6 is 34.5 Å². The Morgan fingerprint density at radius 1 is 1.28 bits per heavy atom. The molecule has 0 aliphatic carbocycles. The summed E-state index contributed by atoms with van der Waals surface area (Å²) in [5, 5.41) is 0. The Balaban J connectivity index is 2.13. The zero-order valence-electron chi connectivity index (χ0n) is 9.24. The van der Waals surface area contributed by atoms with Crippen LogP contribution in [0.1, 0.15) is 29.6 Å². The maximum absolute atomic E-state index is 12.0. The molecule has 1 aromatic heterocycles. The maximum atomic E-state index is 12.0. The van der Waals surface area contributed by atoms with Crippen molar-refractivity contribution in [3.8, 4) is 0 Å². The Bertz CT molecular complexity index is 510. The minimum Gasteiger partial charge on any atom is -0.292 e. The molecule has 0 bridgehead atoms. The summed E-state index contributed by atoms with van der Waals surface area (Å²) in [6, 6.07) is 1.45. The van der Waals surface area contributed by atoms with Crippen LogP contribution in [0.2, 0.25) is 8.67 Å². The zero-order chi connectivity index (χ0) is 13.3. The predicted octanol–water partition coefficient (Wildman–Crippen LogP) is 2.78. The minimum absolute atomic E-state index is 0.259. The van der Waals surface area contributed by atoms with Crippen molar-refractivity contribution in [2.45, 2.75) is 19.3 Å². The molecule has 2 rings (SSSR count). The molecule has 0 saturated carbocycles. The molecule has 1 aliphatic heterocycles. The van der Waals surface area contributed by atoms with Gasteiger partial charge in [-0.2, -0.15) is 0 Å². The molecule has 0 atom stereocenters. The SMILES string of the molecule is O=C(CN1C(=O)CCCC1=O)c1cc(Cl)sc1Cl. The highest BCUT2D eigenvalue weighted by Crippen LogP contribution is 2.31. The van der Waals surface area contributed by atoms with Crippen LogP contribution in [0, 0.1) is 0 Å². The number of likely N-dealkylation sites (tertiary alicyclic amines) is 1. The van der Waals surface area contributed by atoms with Gasteiger partial charge in [0.2, 0.25) is 11.8 Å². The van der Waals surface area contributed by atoms with Crippen molar-refractivity contribution in [2.75, 3.05) is 6.54 Å². The van der Waals surface area contributed by atoms with Gasteiger partial charge in [0.25, 0.3) is 0 Å². The number of carbonyl (C=O) groups excluding carboxylic acids is 3. The number of rotatable bonds is 3. The van der Waals surface area contributed by atoms with Crippen molar-refractivity contribution in [1.29, 1.82) is 0 Å². The second-order valence-corrected chi connectivity index (χ2v) is 6.17. The Morgan fingerprint density at radius 3 is 2.39 bits per heavy atom. The van der Waals surface area contributed by atoms with Gasteiger partial charge < -0.3 is 0 Å². The lowest BCUT2D eigenvalue weighted by Gasteiger charge is -2.23. The van der Waals surface area contributed by atoms with Gasteiger partial charge in [-0.15, -0.1) is 11.3 Å². The summed E-state index contributed by atoms with van der Waals surface area (Å²) in [6.45, 7) is -0.259. The number of thiophene rings is 1. The molecule has 0 spiro atoms. The topological polar surface area (TPSA) is 54.5 Å². The Hall–Kier alpha value is -0.910. The summed E-state index contributed by atoms with van der Waals surface area (Å²) in [6.07, 6.45) is 1.15. The zero-order valence-corrected chi connectivity index (χ0v) is 11.6. The van der Waals surface area contributed by atoms with E-state index in [0.29, 0.717) is 23.6 Å². The van der Waals surface area contributed by atoms with Gasteiger partial charge in [0, 0.05) is 12.8 Å². The highest BCUT2D eigenvalue weighted by atomic mass is 35.5. The number of hydrogen-bond acceptors (Lipinski definition) is 4. The second kappa shape index (κ2) is 5.38. The molecule has 2 amide bonds. The first kappa shape index (κ1) is 13.5. The largest absolute Gasteiger partial charge is 0.292 e. The third-order valence-corrected chi connectivity index (χ3v) is 4.13. The van der Waals surface area contributed by atoms with Crippen molar-refractivity contribution in [3.63, 3.8) is 0 Å². The number of ketones is 1. The molecule has 96 valence electrons. The Kier molecular flexibility index (Phi) is 4.04. The smallest absolute Gasteiger partial charge is 0.229 e. The number of piperidine rings is 1. The molecular formula is C11H9Cl2NO3S. The first-order valence-corrected chi connectivity index (χ1v) is 6.87. The Labute approximate surface area is 117 Å². The van der Waals surface area contributed by atoms with Crippen LogP contribution in [0.4, 0.5) is 0 Å². The van der Waals surface area contributed by atoms with Gasteiger partial charge >= 0.3 is 0 Å². The monoisotopic (exact) mass is 305 g/mol. The van der Waals surface area contributed by atoms with Crippen LogP contribution in [0.3, 0.4) is 0 Å².